The summed E-state index contributed by atoms with van der Waals surface area (Å²) in [7, 11) is 0. The number of rotatable bonds is 3. The highest BCUT2D eigenvalue weighted by atomic mass is 35.5. The molecule has 2 heterocycles. The lowest BCUT2D eigenvalue weighted by atomic mass is 9.74. The smallest absolute Gasteiger partial charge is 0.321 e. The molecule has 2 aromatic carbocycles. The summed E-state index contributed by atoms with van der Waals surface area (Å²) < 4.78 is 15.5. The number of aliphatic carboxylic acids is 1. The largest absolute Gasteiger partial charge is 0.480 e. The van der Waals surface area contributed by atoms with Crippen molar-refractivity contribution in [2.24, 2.45) is 0 Å². The van der Waals surface area contributed by atoms with Crippen LogP contribution in [0.15, 0.2) is 48.5 Å². The molecule has 2 N–H and O–H groups in total. The van der Waals surface area contributed by atoms with Gasteiger partial charge in [-0.1, -0.05) is 44.2 Å². The second-order valence-electron chi connectivity index (χ2n) is 7.43. The predicted molar refractivity (Wildman–Crippen MR) is 106 cm³/mol. The minimum Gasteiger partial charge on any atom is -0.480 e. The first-order valence-corrected chi connectivity index (χ1v) is 8.71. The molecule has 4 rings (SSSR count). The number of halogens is 2. The Labute approximate surface area is 163 Å². The first-order valence-electron chi connectivity index (χ1n) is 8.71. The second kappa shape index (κ2) is 6.98. The number of fused-ring (bicyclic) bond motifs is 3. The van der Waals surface area contributed by atoms with Crippen LogP contribution in [0.4, 0.5) is 4.39 Å². The number of carboxylic acid groups (broad SMARTS) is 1. The molecule has 1 atom stereocenters. The van der Waals surface area contributed by atoms with E-state index in [1.807, 2.05) is 26.0 Å². The molecule has 0 saturated carbocycles. The number of hydrogen-bond donors (Lipinski definition) is 2. The van der Waals surface area contributed by atoms with E-state index >= 15 is 0 Å². The SMILES string of the molecule is CC1(C)c2c(n(Cc3ccc(F)cc3)c3ccccc23)CNC1C(=O)O.Cl. The minimum absolute atomic E-state index is 0. The van der Waals surface area contributed by atoms with Crippen LogP contribution in [-0.4, -0.2) is 21.7 Å². The third-order valence-corrected chi connectivity index (χ3v) is 5.42. The van der Waals surface area contributed by atoms with E-state index in [4.69, 9.17) is 0 Å². The first-order chi connectivity index (χ1) is 12.4. The lowest BCUT2D eigenvalue weighted by Gasteiger charge is -2.37. The van der Waals surface area contributed by atoms with Crippen molar-refractivity contribution in [3.05, 3.63) is 71.2 Å². The van der Waals surface area contributed by atoms with Gasteiger partial charge in [-0.2, -0.15) is 0 Å². The summed E-state index contributed by atoms with van der Waals surface area (Å²) in [5.74, 6) is -1.09. The third-order valence-electron chi connectivity index (χ3n) is 5.42. The number of carboxylic acids is 1. The average Bonchev–Trinajstić information content (AvgIpc) is 2.91. The molecule has 1 aliphatic rings. The number of carbonyl (C=O) groups is 1. The van der Waals surface area contributed by atoms with Crippen molar-refractivity contribution in [3.8, 4) is 0 Å². The molecule has 0 amide bonds. The van der Waals surface area contributed by atoms with Crippen LogP contribution < -0.4 is 5.32 Å². The van der Waals surface area contributed by atoms with Gasteiger partial charge in [0.1, 0.15) is 11.9 Å². The third kappa shape index (κ3) is 3.11. The van der Waals surface area contributed by atoms with Gasteiger partial charge in [0.2, 0.25) is 0 Å². The van der Waals surface area contributed by atoms with E-state index < -0.39 is 17.4 Å². The van der Waals surface area contributed by atoms with Gasteiger partial charge in [0.05, 0.1) is 0 Å². The molecule has 3 aromatic rings. The van der Waals surface area contributed by atoms with Crippen LogP contribution in [0.25, 0.3) is 10.9 Å². The zero-order valence-electron chi connectivity index (χ0n) is 15.2. The standard InChI is InChI=1S/C21H21FN2O2.ClH/c1-21(2)18-15-5-3-4-6-16(15)24(12-13-7-9-14(22)10-8-13)17(18)11-23-19(21)20(25)26;/h3-10,19,23H,11-12H2,1-2H3,(H,25,26);1H. The van der Waals surface area contributed by atoms with E-state index in [1.54, 1.807) is 12.1 Å². The van der Waals surface area contributed by atoms with Crippen LogP contribution in [0.3, 0.4) is 0 Å². The van der Waals surface area contributed by atoms with Crippen molar-refractivity contribution in [3.63, 3.8) is 0 Å². The van der Waals surface area contributed by atoms with Crippen molar-refractivity contribution in [1.29, 1.82) is 0 Å². The predicted octanol–water partition coefficient (Wildman–Crippen LogP) is 4.08. The Kier molecular flexibility index (Phi) is 5.02. The Hall–Kier alpha value is -2.37. The van der Waals surface area contributed by atoms with E-state index in [0.717, 1.165) is 27.7 Å². The number of nitrogens with zero attached hydrogens (tertiary/aromatic N) is 1. The minimum atomic E-state index is -0.837. The van der Waals surface area contributed by atoms with E-state index in [2.05, 4.69) is 22.0 Å². The Balaban J connectivity index is 0.00000210. The van der Waals surface area contributed by atoms with Crippen LogP contribution in [0, 0.1) is 5.82 Å². The molecule has 1 aromatic heterocycles. The average molecular weight is 389 g/mol. The summed E-state index contributed by atoms with van der Waals surface area (Å²) in [4.78, 5) is 11.7. The summed E-state index contributed by atoms with van der Waals surface area (Å²) in [5, 5.41) is 13.9. The van der Waals surface area contributed by atoms with Gasteiger partial charge in [0.25, 0.3) is 0 Å². The molecule has 0 saturated heterocycles. The highest BCUT2D eigenvalue weighted by molar-refractivity contribution is 5.89. The van der Waals surface area contributed by atoms with Crippen LogP contribution >= 0.6 is 12.4 Å². The molecule has 6 heteroatoms. The molecule has 0 spiro atoms. The molecule has 142 valence electrons. The zero-order chi connectivity index (χ0) is 18.5. The molecule has 1 aliphatic heterocycles. The Morgan fingerprint density at radius 1 is 1.22 bits per heavy atom. The van der Waals surface area contributed by atoms with E-state index in [0.29, 0.717) is 13.1 Å². The molecule has 0 bridgehead atoms. The fourth-order valence-electron chi connectivity index (χ4n) is 4.21. The summed E-state index contributed by atoms with van der Waals surface area (Å²) >= 11 is 0. The lowest BCUT2D eigenvalue weighted by Crippen LogP contribution is -2.53. The van der Waals surface area contributed by atoms with E-state index in [9.17, 15) is 14.3 Å². The summed E-state index contributed by atoms with van der Waals surface area (Å²) in [5.41, 5.74) is 3.71. The van der Waals surface area contributed by atoms with E-state index in [1.165, 1.54) is 12.1 Å². The maximum atomic E-state index is 13.2. The normalized spacial score (nSPS) is 18.0. The number of hydrogen-bond acceptors (Lipinski definition) is 2. The fourth-order valence-corrected chi connectivity index (χ4v) is 4.21. The quantitative estimate of drug-likeness (QED) is 0.710. The van der Waals surface area contributed by atoms with Gasteiger partial charge in [0.15, 0.2) is 0 Å². The first kappa shape index (κ1) is 19.4. The number of benzene rings is 2. The van der Waals surface area contributed by atoms with Gasteiger partial charge in [-0.15, -0.1) is 12.4 Å². The summed E-state index contributed by atoms with van der Waals surface area (Å²) in [6.07, 6.45) is 0. The number of aromatic nitrogens is 1. The molecule has 0 fully saturated rings. The Morgan fingerprint density at radius 2 is 1.89 bits per heavy atom. The molecule has 0 radical (unpaired) electrons. The van der Waals surface area contributed by atoms with Crippen LogP contribution in [-0.2, 0) is 23.3 Å². The lowest BCUT2D eigenvalue weighted by molar-refractivity contribution is -0.141. The second-order valence-corrected chi connectivity index (χ2v) is 7.43. The van der Waals surface area contributed by atoms with Gasteiger partial charge in [-0.05, 0) is 29.3 Å². The zero-order valence-corrected chi connectivity index (χ0v) is 16.0. The maximum absolute atomic E-state index is 13.2. The maximum Gasteiger partial charge on any atom is 0.321 e. The summed E-state index contributed by atoms with van der Waals surface area (Å²) in [6, 6.07) is 14.0. The monoisotopic (exact) mass is 388 g/mol. The number of nitrogens with one attached hydrogen (secondary N) is 1. The van der Waals surface area contributed by atoms with Gasteiger partial charge in [-0.3, -0.25) is 10.1 Å². The Bertz CT molecular complexity index is 995. The highest BCUT2D eigenvalue weighted by Gasteiger charge is 2.43. The van der Waals surface area contributed by atoms with Crippen molar-refractivity contribution < 1.29 is 14.3 Å². The van der Waals surface area contributed by atoms with Crippen LogP contribution in [0.5, 0.6) is 0 Å². The van der Waals surface area contributed by atoms with Crippen molar-refractivity contribution in [2.75, 3.05) is 0 Å². The summed E-state index contributed by atoms with van der Waals surface area (Å²) in [6.45, 7) is 5.06. The Morgan fingerprint density at radius 3 is 2.56 bits per heavy atom. The van der Waals surface area contributed by atoms with Gasteiger partial charge >= 0.3 is 5.97 Å². The molecule has 4 nitrogen and oxygen atoms in total. The molecule has 0 aliphatic carbocycles. The van der Waals surface area contributed by atoms with Crippen LogP contribution in [0.1, 0.15) is 30.7 Å². The molecule has 1 unspecified atom stereocenters. The topological polar surface area (TPSA) is 54.3 Å². The fraction of sp³-hybridized carbons (Fsp3) is 0.286. The van der Waals surface area contributed by atoms with E-state index in [-0.39, 0.29) is 18.2 Å². The number of para-hydroxylation sites is 1. The molecular weight excluding hydrogens is 367 g/mol. The van der Waals surface area contributed by atoms with Crippen LogP contribution in [0.2, 0.25) is 0 Å². The highest BCUT2D eigenvalue weighted by Crippen LogP contribution is 2.41. The van der Waals surface area contributed by atoms with Gasteiger partial charge < -0.3 is 9.67 Å². The van der Waals surface area contributed by atoms with Crippen molar-refractivity contribution >= 4 is 29.3 Å². The van der Waals surface area contributed by atoms with Crippen molar-refractivity contribution in [1.82, 2.24) is 9.88 Å². The van der Waals surface area contributed by atoms with Crippen molar-refractivity contribution in [2.45, 2.75) is 38.4 Å². The van der Waals surface area contributed by atoms with Gasteiger partial charge in [0, 0.05) is 35.1 Å². The van der Waals surface area contributed by atoms with Gasteiger partial charge in [-0.25, -0.2) is 4.39 Å². The molecular formula is C21H22ClFN2O2. The molecule has 27 heavy (non-hydrogen) atoms.